The van der Waals surface area contributed by atoms with E-state index in [1.807, 2.05) is 6.07 Å². The van der Waals surface area contributed by atoms with Gasteiger partial charge in [0.15, 0.2) is 5.52 Å². The summed E-state index contributed by atoms with van der Waals surface area (Å²) in [6.45, 7) is 1.60. The Hall–Kier alpha value is -2.26. The van der Waals surface area contributed by atoms with E-state index in [-0.39, 0.29) is 18.9 Å². The number of carbonyl (C=O) groups excluding carboxylic acids is 1. The molecular formula is C22H16F6LiO2P. The second-order valence-electron chi connectivity index (χ2n) is 6.57. The molecule has 32 heavy (non-hydrogen) atoms. The van der Waals surface area contributed by atoms with Crippen molar-refractivity contribution in [2.24, 2.45) is 0 Å². The molecule has 3 rings (SSSR count). The number of alkyl halides is 6. The van der Waals surface area contributed by atoms with Gasteiger partial charge in [0.2, 0.25) is 0 Å². The Balaban J connectivity index is 0.00000363. The number of hydrogen-bond acceptors (Lipinski definition) is 2. The second-order valence-corrected chi connectivity index (χ2v) is 7.81. The van der Waals surface area contributed by atoms with Crippen LogP contribution in [-0.4, -0.2) is 24.4 Å². The predicted octanol–water partition coefficient (Wildman–Crippen LogP) is 6.32. The molecule has 0 spiro atoms. The van der Waals surface area contributed by atoms with Gasteiger partial charge < -0.3 is 4.74 Å². The first kappa shape index (κ1) is 26.0. The van der Waals surface area contributed by atoms with Crippen LogP contribution in [0.2, 0.25) is 0 Å². The molecule has 0 aliphatic rings. The minimum absolute atomic E-state index is 0. The fourth-order valence-electron chi connectivity index (χ4n) is 2.92. The van der Waals surface area contributed by atoms with Crippen LogP contribution in [-0.2, 0) is 12.4 Å². The Kier molecular flexibility index (Phi) is 8.22. The van der Waals surface area contributed by atoms with Crippen LogP contribution in [0.25, 0.3) is 0 Å². The normalized spacial score (nSPS) is 12.0. The van der Waals surface area contributed by atoms with E-state index < -0.39 is 43.1 Å². The fraction of sp³-hybridized carbons (Fsp3) is 0.136. The van der Waals surface area contributed by atoms with Crippen LogP contribution in [0.3, 0.4) is 0 Å². The minimum atomic E-state index is -5.10. The van der Waals surface area contributed by atoms with Gasteiger partial charge in [-0.15, -0.1) is 0 Å². The summed E-state index contributed by atoms with van der Waals surface area (Å²) in [7, 11) is -0.925. The molecule has 3 aromatic carbocycles. The summed E-state index contributed by atoms with van der Waals surface area (Å²) in [4.78, 5) is 12.7. The number of para-hydroxylation sites is 1. The number of halogens is 6. The summed E-state index contributed by atoms with van der Waals surface area (Å²) in [6, 6.07) is 15.0. The maximum absolute atomic E-state index is 13.3. The number of carbonyl (C=O) groups is 1. The van der Waals surface area contributed by atoms with Crippen molar-refractivity contribution < 1.29 is 35.9 Å². The van der Waals surface area contributed by atoms with Crippen molar-refractivity contribution in [1.29, 1.82) is 0 Å². The van der Waals surface area contributed by atoms with Crippen LogP contribution in [0.4, 0.5) is 26.3 Å². The standard InChI is InChI=1S/C22H15F6O2P.Li.H/c1-13-12-15(30-14-6-3-2-4-7-14)10-11-18(13)31-20(29)19-16(21(23,24)25)8-5-9-17(19)22(26,27)28;;/h2-12,31H,1H3;;. The van der Waals surface area contributed by atoms with Crippen LogP contribution in [0.5, 0.6) is 11.5 Å². The number of ether oxygens (including phenoxy) is 1. The molecule has 0 saturated heterocycles. The Labute approximate surface area is 193 Å². The van der Waals surface area contributed by atoms with E-state index in [1.54, 1.807) is 37.3 Å². The number of hydrogen-bond donors (Lipinski definition) is 0. The van der Waals surface area contributed by atoms with Gasteiger partial charge in [-0.25, -0.2) is 0 Å². The molecule has 164 valence electrons. The third-order valence-corrected chi connectivity index (χ3v) is 5.63. The molecule has 2 nitrogen and oxygen atoms in total. The van der Waals surface area contributed by atoms with Gasteiger partial charge in [-0.05, 0) is 62.8 Å². The molecule has 0 saturated carbocycles. The summed E-state index contributed by atoms with van der Waals surface area (Å²) in [5.74, 6) is 0.985. The first-order valence-electron chi connectivity index (χ1n) is 8.89. The first-order valence-corrected chi connectivity index (χ1v) is 9.89. The van der Waals surface area contributed by atoms with Crippen molar-refractivity contribution >= 4 is 38.3 Å². The van der Waals surface area contributed by atoms with Crippen molar-refractivity contribution in [3.05, 3.63) is 89.0 Å². The molecule has 10 heteroatoms. The van der Waals surface area contributed by atoms with Crippen LogP contribution in [0.1, 0.15) is 27.0 Å². The van der Waals surface area contributed by atoms with E-state index in [1.165, 1.54) is 12.1 Å². The van der Waals surface area contributed by atoms with Gasteiger partial charge in [-0.1, -0.05) is 30.3 Å². The molecule has 0 bridgehead atoms. The second kappa shape index (κ2) is 10.1. The molecular weight excluding hydrogens is 448 g/mol. The molecule has 0 heterocycles. The SMILES string of the molecule is Cc1cc(Oc2ccccc2)ccc1PC(=O)c1c(C(F)(F)F)cccc1C(F)(F)F.[LiH]. The van der Waals surface area contributed by atoms with E-state index in [2.05, 4.69) is 0 Å². The van der Waals surface area contributed by atoms with Gasteiger partial charge >= 0.3 is 31.2 Å². The molecule has 0 aromatic heterocycles. The van der Waals surface area contributed by atoms with E-state index in [4.69, 9.17) is 4.74 Å². The van der Waals surface area contributed by atoms with E-state index in [0.29, 0.717) is 40.6 Å². The molecule has 1 unspecified atom stereocenters. The molecule has 0 aliphatic heterocycles. The topological polar surface area (TPSA) is 26.3 Å². The summed E-state index contributed by atoms with van der Waals surface area (Å²) in [5.41, 5.74) is -5.27. The van der Waals surface area contributed by atoms with Gasteiger partial charge in [0.25, 0.3) is 0 Å². The molecule has 1 atom stereocenters. The van der Waals surface area contributed by atoms with Gasteiger partial charge in [0.1, 0.15) is 11.5 Å². The Morgan fingerprint density at radius 2 is 1.34 bits per heavy atom. The summed E-state index contributed by atoms with van der Waals surface area (Å²) in [5, 5.41) is 0.329. The number of rotatable bonds is 5. The zero-order valence-electron chi connectivity index (χ0n) is 15.9. The van der Waals surface area contributed by atoms with Crippen LogP contribution < -0.4 is 10.0 Å². The Bertz CT molecular complexity index is 1070. The van der Waals surface area contributed by atoms with Crippen LogP contribution >= 0.6 is 8.58 Å². The average Bonchev–Trinajstić information content (AvgIpc) is 2.69. The zero-order chi connectivity index (χ0) is 22.8. The molecule has 0 amide bonds. The molecule has 3 aromatic rings. The number of aryl methyl sites for hydroxylation is 1. The van der Waals surface area contributed by atoms with E-state index in [9.17, 15) is 31.1 Å². The van der Waals surface area contributed by atoms with Crippen molar-refractivity contribution in [3.8, 4) is 11.5 Å². The van der Waals surface area contributed by atoms with Crippen LogP contribution in [0.15, 0.2) is 66.7 Å². The predicted molar refractivity (Wildman–Crippen MR) is 114 cm³/mol. The summed E-state index contributed by atoms with van der Waals surface area (Å²) >= 11 is 0. The third-order valence-electron chi connectivity index (χ3n) is 4.33. The molecule has 0 radical (unpaired) electrons. The number of benzene rings is 3. The monoisotopic (exact) mass is 464 g/mol. The first-order chi connectivity index (χ1) is 14.5. The fourth-order valence-corrected chi connectivity index (χ4v) is 3.99. The van der Waals surface area contributed by atoms with E-state index in [0.717, 1.165) is 0 Å². The molecule has 0 N–H and O–H groups in total. The van der Waals surface area contributed by atoms with Gasteiger partial charge in [-0.2, -0.15) is 26.3 Å². The zero-order valence-corrected chi connectivity index (χ0v) is 16.9. The van der Waals surface area contributed by atoms with Crippen molar-refractivity contribution in [2.75, 3.05) is 0 Å². The quantitative estimate of drug-likeness (QED) is 0.251. The molecule has 0 fully saturated rings. The van der Waals surface area contributed by atoms with Crippen molar-refractivity contribution in [2.45, 2.75) is 19.3 Å². The van der Waals surface area contributed by atoms with Gasteiger partial charge in [-0.3, -0.25) is 4.79 Å². The maximum atomic E-state index is 13.3. The van der Waals surface area contributed by atoms with Crippen LogP contribution in [0, 0.1) is 6.92 Å². The van der Waals surface area contributed by atoms with Crippen molar-refractivity contribution in [1.82, 2.24) is 0 Å². The van der Waals surface area contributed by atoms with Crippen molar-refractivity contribution in [3.63, 3.8) is 0 Å². The summed E-state index contributed by atoms with van der Waals surface area (Å²) in [6.07, 6.45) is -10.2. The Morgan fingerprint density at radius 3 is 1.84 bits per heavy atom. The molecule has 0 aliphatic carbocycles. The Morgan fingerprint density at radius 1 is 0.781 bits per heavy atom. The van der Waals surface area contributed by atoms with Gasteiger partial charge in [0, 0.05) is 5.56 Å². The van der Waals surface area contributed by atoms with Gasteiger partial charge in [0.05, 0.1) is 11.1 Å². The third kappa shape index (κ3) is 6.16. The van der Waals surface area contributed by atoms with E-state index >= 15 is 0 Å². The summed E-state index contributed by atoms with van der Waals surface area (Å²) < 4.78 is 85.6. The average molecular weight is 464 g/mol.